The van der Waals surface area contributed by atoms with Crippen LogP contribution >= 0.6 is 11.8 Å². The first-order valence-corrected chi connectivity index (χ1v) is 9.37. The fourth-order valence-corrected chi connectivity index (χ4v) is 5.17. The topological polar surface area (TPSA) is 15.3 Å². The Bertz CT molecular complexity index is 484. The molecule has 0 amide bonds. The zero-order chi connectivity index (χ0) is 14.9. The summed E-state index contributed by atoms with van der Waals surface area (Å²) in [5, 5.41) is 3.70. The van der Waals surface area contributed by atoms with E-state index >= 15 is 0 Å². The van der Waals surface area contributed by atoms with Crippen molar-refractivity contribution in [3.63, 3.8) is 0 Å². The van der Waals surface area contributed by atoms with Crippen LogP contribution in [0, 0.1) is 0 Å². The molecule has 0 bridgehead atoms. The molecular weight excluding hydrogens is 276 g/mol. The molecule has 0 aromatic heterocycles. The van der Waals surface area contributed by atoms with Crippen molar-refractivity contribution in [1.82, 2.24) is 10.2 Å². The molecule has 1 N–H and O–H groups in total. The molecule has 2 unspecified atom stereocenters. The van der Waals surface area contributed by atoms with Gasteiger partial charge in [-0.15, -0.1) is 11.8 Å². The van der Waals surface area contributed by atoms with Crippen molar-refractivity contribution in [2.45, 2.75) is 56.0 Å². The number of nitrogens with zero attached hydrogens (tertiary/aromatic N) is 1. The molecule has 0 radical (unpaired) electrons. The number of hydrogen-bond acceptors (Lipinski definition) is 3. The van der Waals surface area contributed by atoms with Gasteiger partial charge in [-0.05, 0) is 31.4 Å². The van der Waals surface area contributed by atoms with E-state index in [9.17, 15) is 0 Å². The van der Waals surface area contributed by atoms with E-state index < -0.39 is 0 Å². The second kappa shape index (κ2) is 6.31. The summed E-state index contributed by atoms with van der Waals surface area (Å²) in [6.07, 6.45) is 2.48. The molecule has 1 aromatic carbocycles. The van der Waals surface area contributed by atoms with Gasteiger partial charge in [-0.25, -0.2) is 0 Å². The Kier molecular flexibility index (Phi) is 4.63. The lowest BCUT2D eigenvalue weighted by atomic mass is 9.86. The number of nitrogens with one attached hydrogen (secondary N) is 1. The maximum Gasteiger partial charge on any atom is 0.0329 e. The molecule has 2 atom stereocenters. The molecule has 1 saturated heterocycles. The van der Waals surface area contributed by atoms with Crippen molar-refractivity contribution >= 4 is 11.8 Å². The van der Waals surface area contributed by atoms with Gasteiger partial charge in [-0.1, -0.05) is 32.0 Å². The molecule has 116 valence electrons. The van der Waals surface area contributed by atoms with Gasteiger partial charge in [0.15, 0.2) is 0 Å². The standard InChI is InChI=1S/C18H28N2S/c1-4-18(5-2)13-19-14(3)10-20(18)11-15-12-21-17-9-7-6-8-16(15)17/h6-9,14-15,19H,4-5,10-13H2,1-3H3. The van der Waals surface area contributed by atoms with Gasteiger partial charge >= 0.3 is 0 Å². The van der Waals surface area contributed by atoms with E-state index in [0.29, 0.717) is 17.5 Å². The van der Waals surface area contributed by atoms with Crippen LogP contribution in [0.3, 0.4) is 0 Å². The van der Waals surface area contributed by atoms with Gasteiger partial charge in [-0.2, -0.15) is 0 Å². The average molecular weight is 305 g/mol. The van der Waals surface area contributed by atoms with Crippen LogP contribution in [-0.4, -0.2) is 41.9 Å². The predicted octanol–water partition coefficient (Wildman–Crippen LogP) is 3.73. The minimum atomic E-state index is 0.356. The Hall–Kier alpha value is -0.510. The minimum absolute atomic E-state index is 0.356. The van der Waals surface area contributed by atoms with E-state index in [1.54, 1.807) is 5.56 Å². The van der Waals surface area contributed by atoms with Crippen LogP contribution in [-0.2, 0) is 0 Å². The van der Waals surface area contributed by atoms with Crippen molar-refractivity contribution in [2.75, 3.05) is 25.4 Å². The summed E-state index contributed by atoms with van der Waals surface area (Å²) in [5.41, 5.74) is 1.93. The molecule has 3 heteroatoms. The average Bonchev–Trinajstić information content (AvgIpc) is 2.92. The highest BCUT2D eigenvalue weighted by Crippen LogP contribution is 2.41. The van der Waals surface area contributed by atoms with Crippen molar-refractivity contribution in [3.8, 4) is 0 Å². The minimum Gasteiger partial charge on any atom is -0.311 e. The van der Waals surface area contributed by atoms with Gasteiger partial charge in [0.1, 0.15) is 0 Å². The van der Waals surface area contributed by atoms with E-state index in [-0.39, 0.29) is 0 Å². The molecule has 3 rings (SSSR count). The molecule has 0 saturated carbocycles. The van der Waals surface area contributed by atoms with Crippen molar-refractivity contribution in [2.24, 2.45) is 0 Å². The Morgan fingerprint density at radius 1 is 1.29 bits per heavy atom. The van der Waals surface area contributed by atoms with Crippen LogP contribution in [0.1, 0.15) is 45.1 Å². The van der Waals surface area contributed by atoms with E-state index in [1.165, 1.54) is 36.6 Å². The Balaban J connectivity index is 1.79. The van der Waals surface area contributed by atoms with Crippen LogP contribution in [0.4, 0.5) is 0 Å². The predicted molar refractivity (Wildman–Crippen MR) is 92.3 cm³/mol. The van der Waals surface area contributed by atoms with E-state index in [2.05, 4.69) is 55.3 Å². The molecule has 1 fully saturated rings. The summed E-state index contributed by atoms with van der Waals surface area (Å²) in [5.74, 6) is 1.95. The van der Waals surface area contributed by atoms with Gasteiger partial charge in [0, 0.05) is 47.8 Å². The fraction of sp³-hybridized carbons (Fsp3) is 0.667. The highest BCUT2D eigenvalue weighted by molar-refractivity contribution is 7.99. The van der Waals surface area contributed by atoms with Crippen molar-refractivity contribution in [3.05, 3.63) is 29.8 Å². The number of piperazine rings is 1. The molecule has 2 aliphatic heterocycles. The molecule has 2 heterocycles. The highest BCUT2D eigenvalue weighted by atomic mass is 32.2. The van der Waals surface area contributed by atoms with Crippen LogP contribution in [0.5, 0.6) is 0 Å². The number of benzene rings is 1. The lowest BCUT2D eigenvalue weighted by molar-refractivity contribution is 0.0313. The van der Waals surface area contributed by atoms with Crippen LogP contribution in [0.15, 0.2) is 29.2 Å². The third kappa shape index (κ3) is 2.88. The fourth-order valence-electron chi connectivity index (χ4n) is 3.93. The Labute approximate surface area is 133 Å². The summed E-state index contributed by atoms with van der Waals surface area (Å²) in [7, 11) is 0. The summed E-state index contributed by atoms with van der Waals surface area (Å²) in [6, 6.07) is 9.60. The van der Waals surface area contributed by atoms with Crippen molar-refractivity contribution in [1.29, 1.82) is 0 Å². The van der Waals surface area contributed by atoms with Gasteiger partial charge in [-0.3, -0.25) is 4.90 Å². The zero-order valence-corrected chi connectivity index (χ0v) is 14.4. The third-order valence-electron chi connectivity index (χ3n) is 5.50. The van der Waals surface area contributed by atoms with E-state index in [0.717, 1.165) is 6.54 Å². The van der Waals surface area contributed by atoms with Crippen molar-refractivity contribution < 1.29 is 0 Å². The second-order valence-corrected chi connectivity index (χ2v) is 7.73. The molecule has 1 aromatic rings. The largest absolute Gasteiger partial charge is 0.311 e. The van der Waals surface area contributed by atoms with E-state index in [4.69, 9.17) is 0 Å². The van der Waals surface area contributed by atoms with Crippen LogP contribution < -0.4 is 5.32 Å². The number of fused-ring (bicyclic) bond motifs is 1. The molecule has 2 aliphatic rings. The second-order valence-electron chi connectivity index (χ2n) is 6.66. The summed E-state index contributed by atoms with van der Waals surface area (Å²) in [4.78, 5) is 4.30. The lowest BCUT2D eigenvalue weighted by Gasteiger charge is -2.50. The monoisotopic (exact) mass is 304 g/mol. The molecule has 0 spiro atoms. The number of thioether (sulfide) groups is 1. The molecule has 21 heavy (non-hydrogen) atoms. The Morgan fingerprint density at radius 3 is 2.81 bits per heavy atom. The quantitative estimate of drug-likeness (QED) is 0.912. The van der Waals surface area contributed by atoms with E-state index in [1.807, 2.05) is 11.8 Å². The van der Waals surface area contributed by atoms with Gasteiger partial charge in [0.25, 0.3) is 0 Å². The zero-order valence-electron chi connectivity index (χ0n) is 13.6. The first-order chi connectivity index (χ1) is 10.2. The van der Waals surface area contributed by atoms with Crippen LogP contribution in [0.25, 0.3) is 0 Å². The maximum atomic E-state index is 3.70. The van der Waals surface area contributed by atoms with Gasteiger partial charge in [0.05, 0.1) is 0 Å². The highest BCUT2D eigenvalue weighted by Gasteiger charge is 2.39. The molecule has 0 aliphatic carbocycles. The van der Waals surface area contributed by atoms with Gasteiger partial charge in [0.2, 0.25) is 0 Å². The summed E-state index contributed by atoms with van der Waals surface area (Å²) >= 11 is 2.04. The molecular formula is C18H28N2S. The third-order valence-corrected chi connectivity index (χ3v) is 6.75. The van der Waals surface area contributed by atoms with Crippen LogP contribution in [0.2, 0.25) is 0 Å². The number of rotatable bonds is 4. The first-order valence-electron chi connectivity index (χ1n) is 8.38. The summed E-state index contributed by atoms with van der Waals surface area (Å²) in [6.45, 7) is 10.6. The smallest absolute Gasteiger partial charge is 0.0329 e. The molecule has 2 nitrogen and oxygen atoms in total. The lowest BCUT2D eigenvalue weighted by Crippen LogP contribution is -2.64. The summed E-state index contributed by atoms with van der Waals surface area (Å²) < 4.78 is 0. The first kappa shape index (κ1) is 15.4. The van der Waals surface area contributed by atoms with Gasteiger partial charge < -0.3 is 5.32 Å². The normalized spacial score (nSPS) is 28.5. The SMILES string of the molecule is CCC1(CC)CNC(C)CN1CC1CSc2ccccc21. The number of hydrogen-bond donors (Lipinski definition) is 1. The maximum absolute atomic E-state index is 3.70. The Morgan fingerprint density at radius 2 is 2.05 bits per heavy atom.